The van der Waals surface area contributed by atoms with Gasteiger partial charge in [-0.25, -0.2) is 0 Å². The summed E-state index contributed by atoms with van der Waals surface area (Å²) in [4.78, 5) is 2.54. The number of likely N-dealkylation sites (tertiary alicyclic amines) is 1. The summed E-state index contributed by atoms with van der Waals surface area (Å²) in [6, 6.07) is 11.2. The van der Waals surface area contributed by atoms with Crippen LogP contribution in [-0.4, -0.2) is 36.7 Å². The van der Waals surface area contributed by atoms with Crippen molar-refractivity contribution in [2.24, 2.45) is 0 Å². The number of nitriles is 1. The van der Waals surface area contributed by atoms with Gasteiger partial charge in [0.1, 0.15) is 11.8 Å². The van der Waals surface area contributed by atoms with E-state index in [0.29, 0.717) is 12.1 Å². The number of nitrogens with zero attached hydrogens (tertiary/aromatic N) is 2. The molecule has 0 bridgehead atoms. The first-order chi connectivity index (χ1) is 10.2. The van der Waals surface area contributed by atoms with Crippen LogP contribution in [0, 0.1) is 11.3 Å². The third-order valence-corrected chi connectivity index (χ3v) is 4.06. The minimum absolute atomic E-state index is 0.102. The van der Waals surface area contributed by atoms with E-state index in [4.69, 9.17) is 10.00 Å². The number of nitrogens with one attached hydrogen (secondary N) is 1. The topological polar surface area (TPSA) is 48.3 Å². The highest BCUT2D eigenvalue weighted by Gasteiger charge is 2.20. The Kier molecular flexibility index (Phi) is 6.04. The molecule has 0 radical (unpaired) electrons. The Bertz CT molecular complexity index is 473. The molecule has 0 atom stereocenters. The van der Waals surface area contributed by atoms with Crippen molar-refractivity contribution < 1.29 is 4.74 Å². The molecule has 0 unspecified atom stereocenters. The summed E-state index contributed by atoms with van der Waals surface area (Å²) in [5.74, 6) is 0.769. The Morgan fingerprint density at radius 1 is 1.38 bits per heavy atom. The van der Waals surface area contributed by atoms with E-state index in [1.807, 2.05) is 24.3 Å². The molecule has 1 heterocycles. The zero-order valence-corrected chi connectivity index (χ0v) is 13.0. The molecule has 4 heteroatoms. The summed E-state index contributed by atoms with van der Waals surface area (Å²) in [5, 5.41) is 12.2. The predicted octanol–water partition coefficient (Wildman–Crippen LogP) is 2.55. The Morgan fingerprint density at radius 2 is 2.14 bits per heavy atom. The van der Waals surface area contributed by atoms with Crippen LogP contribution in [0.5, 0.6) is 5.75 Å². The number of rotatable bonds is 6. The first-order valence-corrected chi connectivity index (χ1v) is 7.75. The van der Waals surface area contributed by atoms with Crippen LogP contribution in [0.25, 0.3) is 0 Å². The van der Waals surface area contributed by atoms with Gasteiger partial charge >= 0.3 is 0 Å². The quantitative estimate of drug-likeness (QED) is 0.873. The van der Waals surface area contributed by atoms with Crippen molar-refractivity contribution in [1.29, 1.82) is 5.26 Å². The van der Waals surface area contributed by atoms with E-state index in [9.17, 15) is 0 Å². The lowest BCUT2D eigenvalue weighted by Crippen LogP contribution is -2.44. The van der Waals surface area contributed by atoms with E-state index < -0.39 is 0 Å². The maximum absolute atomic E-state index is 8.54. The zero-order valence-electron chi connectivity index (χ0n) is 13.0. The van der Waals surface area contributed by atoms with E-state index in [1.165, 1.54) is 31.5 Å². The Labute approximate surface area is 127 Å². The third kappa shape index (κ3) is 5.04. The second-order valence-electron chi connectivity index (χ2n) is 5.88. The molecule has 0 aromatic heterocycles. The fourth-order valence-electron chi connectivity index (χ4n) is 2.74. The first kappa shape index (κ1) is 15.8. The second kappa shape index (κ2) is 8.02. The van der Waals surface area contributed by atoms with E-state index >= 15 is 0 Å². The Balaban J connectivity index is 1.77. The SMILES string of the molecule is CC(C)N1CCC(NCc2cccc(OCC#N)c2)CC1. The van der Waals surface area contributed by atoms with Crippen molar-refractivity contribution in [1.82, 2.24) is 10.2 Å². The van der Waals surface area contributed by atoms with Gasteiger partial charge in [-0.15, -0.1) is 0 Å². The summed E-state index contributed by atoms with van der Waals surface area (Å²) in [6.07, 6.45) is 2.42. The van der Waals surface area contributed by atoms with Crippen molar-refractivity contribution in [3.8, 4) is 11.8 Å². The molecule has 0 saturated carbocycles. The van der Waals surface area contributed by atoms with Gasteiger partial charge in [-0.3, -0.25) is 0 Å². The van der Waals surface area contributed by atoms with Crippen molar-refractivity contribution >= 4 is 0 Å². The zero-order chi connectivity index (χ0) is 15.1. The monoisotopic (exact) mass is 287 g/mol. The van der Waals surface area contributed by atoms with Crippen LogP contribution in [0.15, 0.2) is 24.3 Å². The van der Waals surface area contributed by atoms with Gasteiger partial charge in [-0.05, 0) is 57.5 Å². The predicted molar refractivity (Wildman–Crippen MR) is 84.1 cm³/mol. The number of benzene rings is 1. The van der Waals surface area contributed by atoms with Crippen LogP contribution < -0.4 is 10.1 Å². The molecule has 4 nitrogen and oxygen atoms in total. The van der Waals surface area contributed by atoms with Crippen molar-refractivity contribution in [2.75, 3.05) is 19.7 Å². The Morgan fingerprint density at radius 3 is 2.81 bits per heavy atom. The van der Waals surface area contributed by atoms with Gasteiger partial charge < -0.3 is 15.0 Å². The number of hydrogen-bond donors (Lipinski definition) is 1. The lowest BCUT2D eigenvalue weighted by atomic mass is 10.0. The van der Waals surface area contributed by atoms with Crippen LogP contribution in [0.2, 0.25) is 0 Å². The molecule has 1 aliphatic heterocycles. The van der Waals surface area contributed by atoms with Crippen molar-refractivity contribution in [3.63, 3.8) is 0 Å². The molecule has 1 aromatic rings. The summed E-state index contributed by atoms with van der Waals surface area (Å²) in [6.45, 7) is 7.85. The van der Waals surface area contributed by atoms with E-state index in [0.717, 1.165) is 12.3 Å². The molecular weight excluding hydrogens is 262 g/mol. The largest absolute Gasteiger partial charge is 0.479 e. The van der Waals surface area contributed by atoms with Crippen molar-refractivity contribution in [3.05, 3.63) is 29.8 Å². The second-order valence-corrected chi connectivity index (χ2v) is 5.88. The van der Waals surface area contributed by atoms with Gasteiger partial charge in [-0.1, -0.05) is 12.1 Å². The minimum atomic E-state index is 0.102. The number of hydrogen-bond acceptors (Lipinski definition) is 4. The molecule has 0 aliphatic carbocycles. The molecular formula is C17H25N3O. The average molecular weight is 287 g/mol. The molecule has 1 aliphatic rings. The van der Waals surface area contributed by atoms with Crippen LogP contribution in [-0.2, 0) is 6.54 Å². The van der Waals surface area contributed by atoms with Gasteiger partial charge in [0.25, 0.3) is 0 Å². The summed E-state index contributed by atoms with van der Waals surface area (Å²) in [5.41, 5.74) is 1.21. The van der Waals surface area contributed by atoms with Crippen LogP contribution in [0.1, 0.15) is 32.3 Å². The molecule has 0 amide bonds. The summed E-state index contributed by atoms with van der Waals surface area (Å²) < 4.78 is 5.33. The van der Waals surface area contributed by atoms with Crippen LogP contribution >= 0.6 is 0 Å². The van der Waals surface area contributed by atoms with Gasteiger partial charge in [0.15, 0.2) is 6.61 Å². The third-order valence-electron chi connectivity index (χ3n) is 4.06. The lowest BCUT2D eigenvalue weighted by Gasteiger charge is -2.35. The van der Waals surface area contributed by atoms with E-state index in [2.05, 4.69) is 30.1 Å². The standard InChI is InChI=1S/C17H25N3O/c1-14(2)20-9-6-16(7-10-20)19-13-15-4-3-5-17(12-15)21-11-8-18/h3-5,12,14,16,19H,6-7,9-11,13H2,1-2H3. The van der Waals surface area contributed by atoms with Crippen LogP contribution in [0.3, 0.4) is 0 Å². The molecule has 1 aromatic carbocycles. The van der Waals surface area contributed by atoms with E-state index in [1.54, 1.807) is 0 Å². The fourth-order valence-corrected chi connectivity index (χ4v) is 2.74. The van der Waals surface area contributed by atoms with Gasteiger partial charge in [0.2, 0.25) is 0 Å². The maximum atomic E-state index is 8.54. The highest BCUT2D eigenvalue weighted by molar-refractivity contribution is 5.28. The molecule has 114 valence electrons. The fraction of sp³-hybridized carbons (Fsp3) is 0.588. The Hall–Kier alpha value is -1.57. The molecule has 1 N–H and O–H groups in total. The molecule has 21 heavy (non-hydrogen) atoms. The number of ether oxygens (including phenoxy) is 1. The summed E-state index contributed by atoms with van der Waals surface area (Å²) >= 11 is 0. The molecule has 1 saturated heterocycles. The van der Waals surface area contributed by atoms with Gasteiger partial charge in [0, 0.05) is 18.6 Å². The summed E-state index contributed by atoms with van der Waals surface area (Å²) in [7, 11) is 0. The lowest BCUT2D eigenvalue weighted by molar-refractivity contribution is 0.161. The molecule has 0 spiro atoms. The highest BCUT2D eigenvalue weighted by Crippen LogP contribution is 2.16. The van der Waals surface area contributed by atoms with Crippen LogP contribution in [0.4, 0.5) is 0 Å². The number of piperidine rings is 1. The highest BCUT2D eigenvalue weighted by atomic mass is 16.5. The molecule has 2 rings (SSSR count). The van der Waals surface area contributed by atoms with E-state index in [-0.39, 0.29) is 6.61 Å². The van der Waals surface area contributed by atoms with Gasteiger partial charge in [-0.2, -0.15) is 5.26 Å². The molecule has 1 fully saturated rings. The smallest absolute Gasteiger partial charge is 0.174 e. The maximum Gasteiger partial charge on any atom is 0.174 e. The first-order valence-electron chi connectivity index (χ1n) is 7.75. The minimum Gasteiger partial charge on any atom is -0.479 e. The average Bonchev–Trinajstić information content (AvgIpc) is 2.52. The normalized spacial score (nSPS) is 16.9. The van der Waals surface area contributed by atoms with Crippen molar-refractivity contribution in [2.45, 2.75) is 45.3 Å². The van der Waals surface area contributed by atoms with Gasteiger partial charge in [0.05, 0.1) is 0 Å².